The number of hydrogen-bond donors (Lipinski definition) is 2. The van der Waals surface area contributed by atoms with E-state index in [-0.39, 0.29) is 6.04 Å². The fourth-order valence-corrected chi connectivity index (χ4v) is 3.61. The number of guanidine groups is 1. The summed E-state index contributed by atoms with van der Waals surface area (Å²) in [5.74, 6) is 3.71. The van der Waals surface area contributed by atoms with Crippen molar-refractivity contribution in [2.45, 2.75) is 37.6 Å². The van der Waals surface area contributed by atoms with E-state index < -0.39 is 0 Å². The maximum atomic E-state index is 5.65. The van der Waals surface area contributed by atoms with Gasteiger partial charge < -0.3 is 15.1 Å². The standard InChI is InChI=1S/C16H24N4OS2/c1-4-17-15(20-13(3)14-7-6-12(2)21-14)18-8-5-10-22-16-19-9-11-23-16/h6-7,9,11,13H,4-5,8,10H2,1-3H3,(H2,17,18,20). The Morgan fingerprint density at radius 2 is 2.35 bits per heavy atom. The maximum absolute atomic E-state index is 5.65. The molecule has 23 heavy (non-hydrogen) atoms. The molecule has 0 radical (unpaired) electrons. The van der Waals surface area contributed by atoms with Crippen molar-refractivity contribution in [1.29, 1.82) is 0 Å². The van der Waals surface area contributed by atoms with Gasteiger partial charge in [0.1, 0.15) is 15.9 Å². The third-order valence-electron chi connectivity index (χ3n) is 3.09. The quantitative estimate of drug-likeness (QED) is 0.327. The molecule has 2 N–H and O–H groups in total. The fourth-order valence-electron chi connectivity index (χ4n) is 1.98. The van der Waals surface area contributed by atoms with Crippen LogP contribution in [0.2, 0.25) is 0 Å². The highest BCUT2D eigenvalue weighted by Gasteiger charge is 2.11. The summed E-state index contributed by atoms with van der Waals surface area (Å²) in [4.78, 5) is 8.89. The third kappa shape index (κ3) is 6.27. The zero-order valence-corrected chi connectivity index (χ0v) is 15.5. The summed E-state index contributed by atoms with van der Waals surface area (Å²) in [7, 11) is 0. The smallest absolute Gasteiger partial charge is 0.191 e. The molecule has 0 aliphatic rings. The van der Waals surface area contributed by atoms with Gasteiger partial charge in [0.05, 0.1) is 6.04 Å². The Kier molecular flexibility index (Phi) is 7.48. The van der Waals surface area contributed by atoms with Crippen LogP contribution in [0.3, 0.4) is 0 Å². The number of aromatic nitrogens is 1. The van der Waals surface area contributed by atoms with Gasteiger partial charge in [-0.3, -0.25) is 4.99 Å². The van der Waals surface area contributed by atoms with Crippen LogP contribution in [0.4, 0.5) is 0 Å². The number of aryl methyl sites for hydroxylation is 1. The van der Waals surface area contributed by atoms with Crippen molar-refractivity contribution in [3.8, 4) is 0 Å². The molecule has 5 nitrogen and oxygen atoms in total. The largest absolute Gasteiger partial charge is 0.464 e. The summed E-state index contributed by atoms with van der Waals surface area (Å²) in [5, 5.41) is 8.66. The molecule has 1 atom stereocenters. The minimum absolute atomic E-state index is 0.0891. The minimum atomic E-state index is 0.0891. The second-order valence-electron chi connectivity index (χ2n) is 5.08. The van der Waals surface area contributed by atoms with E-state index in [2.05, 4.69) is 34.5 Å². The molecule has 0 amide bonds. The zero-order valence-electron chi connectivity index (χ0n) is 13.8. The SMILES string of the molecule is CCNC(=NCCCSc1nccs1)NC(C)c1ccc(C)o1. The summed E-state index contributed by atoms with van der Waals surface area (Å²) < 4.78 is 6.78. The van der Waals surface area contributed by atoms with Gasteiger partial charge in [-0.2, -0.15) is 0 Å². The van der Waals surface area contributed by atoms with Gasteiger partial charge in [-0.05, 0) is 39.3 Å². The third-order valence-corrected chi connectivity index (χ3v) is 5.15. The highest BCUT2D eigenvalue weighted by atomic mass is 32.2. The van der Waals surface area contributed by atoms with Gasteiger partial charge in [0.25, 0.3) is 0 Å². The van der Waals surface area contributed by atoms with Crippen molar-refractivity contribution < 1.29 is 4.42 Å². The molecule has 0 bridgehead atoms. The van der Waals surface area contributed by atoms with E-state index >= 15 is 0 Å². The van der Waals surface area contributed by atoms with Gasteiger partial charge in [-0.25, -0.2) is 4.98 Å². The first kappa shape index (κ1) is 17.9. The number of aliphatic imine (C=N–C) groups is 1. The van der Waals surface area contributed by atoms with Crippen LogP contribution in [0.15, 0.2) is 37.5 Å². The highest BCUT2D eigenvalue weighted by molar-refractivity contribution is 8.00. The lowest BCUT2D eigenvalue weighted by Crippen LogP contribution is -2.38. The fraction of sp³-hybridized carbons (Fsp3) is 0.500. The summed E-state index contributed by atoms with van der Waals surface area (Å²) in [6.07, 6.45) is 2.87. The normalized spacial score (nSPS) is 13.1. The lowest BCUT2D eigenvalue weighted by molar-refractivity contribution is 0.441. The average molecular weight is 353 g/mol. The topological polar surface area (TPSA) is 62.5 Å². The van der Waals surface area contributed by atoms with Crippen LogP contribution >= 0.6 is 23.1 Å². The summed E-state index contributed by atoms with van der Waals surface area (Å²) in [6.45, 7) is 7.72. The van der Waals surface area contributed by atoms with Gasteiger partial charge in [0.15, 0.2) is 5.96 Å². The molecule has 2 heterocycles. The van der Waals surface area contributed by atoms with Crippen molar-refractivity contribution in [3.63, 3.8) is 0 Å². The highest BCUT2D eigenvalue weighted by Crippen LogP contribution is 2.20. The molecule has 7 heteroatoms. The van der Waals surface area contributed by atoms with Crippen LogP contribution in [0.5, 0.6) is 0 Å². The number of hydrogen-bond acceptors (Lipinski definition) is 5. The molecule has 0 saturated carbocycles. The minimum Gasteiger partial charge on any atom is -0.464 e. The van der Waals surface area contributed by atoms with Crippen LogP contribution in [0.1, 0.15) is 37.8 Å². The Labute approximate surface area is 146 Å². The summed E-state index contributed by atoms with van der Waals surface area (Å²) in [6, 6.07) is 4.07. The molecule has 2 rings (SSSR count). The summed E-state index contributed by atoms with van der Waals surface area (Å²) >= 11 is 3.47. The number of thioether (sulfide) groups is 1. The number of thiazole rings is 1. The molecular weight excluding hydrogens is 328 g/mol. The van der Waals surface area contributed by atoms with Crippen LogP contribution in [-0.4, -0.2) is 29.8 Å². The Bertz CT molecular complexity index is 595. The van der Waals surface area contributed by atoms with E-state index in [4.69, 9.17) is 4.42 Å². The van der Waals surface area contributed by atoms with Crippen molar-refractivity contribution in [3.05, 3.63) is 35.2 Å². The second kappa shape index (κ2) is 9.62. The Balaban J connectivity index is 1.77. The first-order valence-electron chi connectivity index (χ1n) is 7.82. The van der Waals surface area contributed by atoms with E-state index in [1.807, 2.05) is 30.6 Å². The van der Waals surface area contributed by atoms with E-state index in [9.17, 15) is 0 Å². The molecule has 2 aromatic heterocycles. The maximum Gasteiger partial charge on any atom is 0.191 e. The van der Waals surface area contributed by atoms with Gasteiger partial charge in [0.2, 0.25) is 0 Å². The Morgan fingerprint density at radius 3 is 3.00 bits per heavy atom. The van der Waals surface area contributed by atoms with E-state index in [1.54, 1.807) is 23.1 Å². The molecule has 0 aliphatic heterocycles. The molecule has 0 aliphatic carbocycles. The van der Waals surface area contributed by atoms with Crippen molar-refractivity contribution in [2.24, 2.45) is 4.99 Å². The van der Waals surface area contributed by atoms with Gasteiger partial charge in [-0.15, -0.1) is 11.3 Å². The van der Waals surface area contributed by atoms with E-state index in [0.717, 1.165) is 47.1 Å². The summed E-state index contributed by atoms with van der Waals surface area (Å²) in [5.41, 5.74) is 0. The predicted octanol–water partition coefficient (Wildman–Crippen LogP) is 3.84. The molecule has 0 saturated heterocycles. The predicted molar refractivity (Wildman–Crippen MR) is 98.4 cm³/mol. The lowest BCUT2D eigenvalue weighted by Gasteiger charge is -2.16. The van der Waals surface area contributed by atoms with Crippen molar-refractivity contribution >= 4 is 29.1 Å². The lowest BCUT2D eigenvalue weighted by atomic mass is 10.2. The molecule has 0 spiro atoms. The molecule has 126 valence electrons. The molecule has 0 aromatic carbocycles. The monoisotopic (exact) mass is 352 g/mol. The Hall–Kier alpha value is -1.47. The van der Waals surface area contributed by atoms with Crippen LogP contribution in [0.25, 0.3) is 0 Å². The van der Waals surface area contributed by atoms with E-state index in [0.29, 0.717) is 0 Å². The average Bonchev–Trinajstić information content (AvgIpc) is 3.18. The van der Waals surface area contributed by atoms with Gasteiger partial charge >= 0.3 is 0 Å². The Morgan fingerprint density at radius 1 is 1.48 bits per heavy atom. The van der Waals surface area contributed by atoms with Crippen LogP contribution in [0, 0.1) is 6.92 Å². The van der Waals surface area contributed by atoms with Crippen LogP contribution < -0.4 is 10.6 Å². The number of nitrogens with one attached hydrogen (secondary N) is 2. The zero-order chi connectivity index (χ0) is 16.5. The number of furan rings is 1. The van der Waals surface area contributed by atoms with Crippen molar-refractivity contribution in [2.75, 3.05) is 18.8 Å². The first-order valence-corrected chi connectivity index (χ1v) is 9.69. The van der Waals surface area contributed by atoms with E-state index in [1.165, 1.54) is 0 Å². The number of rotatable bonds is 8. The van der Waals surface area contributed by atoms with Gasteiger partial charge in [-0.1, -0.05) is 11.8 Å². The van der Waals surface area contributed by atoms with Crippen LogP contribution in [-0.2, 0) is 0 Å². The molecule has 1 unspecified atom stereocenters. The molecule has 2 aromatic rings. The second-order valence-corrected chi connectivity index (χ2v) is 7.31. The number of nitrogens with zero attached hydrogens (tertiary/aromatic N) is 2. The molecule has 0 fully saturated rings. The van der Waals surface area contributed by atoms with Crippen molar-refractivity contribution in [1.82, 2.24) is 15.6 Å². The molecular formula is C16H24N4OS2. The first-order chi connectivity index (χ1) is 11.2. The van der Waals surface area contributed by atoms with Gasteiger partial charge in [0, 0.05) is 30.4 Å².